The molecule has 0 aliphatic rings. The molecule has 0 aromatic carbocycles. The number of pyridine rings is 1. The average Bonchev–Trinajstić information content (AvgIpc) is 2.97. The second-order valence-electron chi connectivity index (χ2n) is 4.98. The Morgan fingerprint density at radius 1 is 1.17 bits per heavy atom. The van der Waals surface area contributed by atoms with Crippen LogP contribution in [0.15, 0.2) is 36.7 Å². The van der Waals surface area contributed by atoms with Gasteiger partial charge in [0.25, 0.3) is 0 Å². The quantitative estimate of drug-likeness (QED) is 0.711. The van der Waals surface area contributed by atoms with Crippen LogP contribution in [0.2, 0.25) is 0 Å². The monoisotopic (exact) mass is 341 g/mol. The van der Waals surface area contributed by atoms with Crippen LogP contribution in [-0.4, -0.2) is 37.6 Å². The number of thiazole rings is 1. The van der Waals surface area contributed by atoms with E-state index in [4.69, 9.17) is 5.11 Å². The number of rotatable bonds is 6. The highest BCUT2D eigenvalue weighted by Gasteiger charge is 2.13. The SMILES string of the molecule is Cc1nc(CCNc2nccc(-c3ccccn3)n2)sc1C(=O)O. The molecule has 3 rings (SSSR count). The highest BCUT2D eigenvalue weighted by atomic mass is 32.1. The fourth-order valence-corrected chi connectivity index (χ4v) is 3.04. The fourth-order valence-electron chi connectivity index (χ4n) is 2.14. The van der Waals surface area contributed by atoms with Gasteiger partial charge in [-0.05, 0) is 25.1 Å². The lowest BCUT2D eigenvalue weighted by Crippen LogP contribution is -2.08. The van der Waals surface area contributed by atoms with E-state index >= 15 is 0 Å². The van der Waals surface area contributed by atoms with Crippen LogP contribution < -0.4 is 5.32 Å². The molecule has 0 bridgehead atoms. The normalized spacial score (nSPS) is 10.5. The first-order valence-electron chi connectivity index (χ1n) is 7.31. The molecule has 0 radical (unpaired) electrons. The van der Waals surface area contributed by atoms with Crippen molar-refractivity contribution >= 4 is 23.3 Å². The third kappa shape index (κ3) is 3.72. The van der Waals surface area contributed by atoms with Gasteiger partial charge in [-0.3, -0.25) is 4.98 Å². The molecule has 3 aromatic heterocycles. The van der Waals surface area contributed by atoms with Crippen LogP contribution in [0.1, 0.15) is 20.4 Å². The number of nitrogens with one attached hydrogen (secondary N) is 1. The van der Waals surface area contributed by atoms with Gasteiger partial charge in [-0.25, -0.2) is 19.7 Å². The molecule has 3 heterocycles. The third-order valence-electron chi connectivity index (χ3n) is 3.24. The lowest BCUT2D eigenvalue weighted by molar-refractivity contribution is 0.0701. The van der Waals surface area contributed by atoms with Crippen LogP contribution in [0, 0.1) is 6.92 Å². The minimum absolute atomic E-state index is 0.290. The molecule has 8 heteroatoms. The van der Waals surface area contributed by atoms with E-state index in [9.17, 15) is 4.79 Å². The van der Waals surface area contributed by atoms with E-state index in [1.54, 1.807) is 25.4 Å². The van der Waals surface area contributed by atoms with Crippen molar-refractivity contribution in [3.63, 3.8) is 0 Å². The molecule has 0 atom stereocenters. The topological polar surface area (TPSA) is 101 Å². The van der Waals surface area contributed by atoms with Crippen LogP contribution in [0.3, 0.4) is 0 Å². The maximum absolute atomic E-state index is 11.0. The molecule has 0 saturated heterocycles. The zero-order chi connectivity index (χ0) is 16.9. The van der Waals surface area contributed by atoms with Crippen molar-refractivity contribution < 1.29 is 9.90 Å². The predicted molar refractivity (Wildman–Crippen MR) is 91.3 cm³/mol. The summed E-state index contributed by atoms with van der Waals surface area (Å²) in [4.78, 5) is 28.5. The highest BCUT2D eigenvalue weighted by Crippen LogP contribution is 2.18. The van der Waals surface area contributed by atoms with E-state index in [0.29, 0.717) is 29.5 Å². The molecule has 0 aliphatic carbocycles. The van der Waals surface area contributed by atoms with Crippen molar-refractivity contribution in [3.05, 3.63) is 52.2 Å². The van der Waals surface area contributed by atoms with Crippen molar-refractivity contribution in [1.82, 2.24) is 19.9 Å². The molecule has 2 N–H and O–H groups in total. The number of aryl methyl sites for hydroxylation is 1. The molecule has 3 aromatic rings. The summed E-state index contributed by atoms with van der Waals surface area (Å²) in [5.41, 5.74) is 2.08. The Balaban J connectivity index is 1.63. The largest absolute Gasteiger partial charge is 0.477 e. The number of aromatic nitrogens is 4. The van der Waals surface area contributed by atoms with Gasteiger partial charge in [-0.15, -0.1) is 11.3 Å². The van der Waals surface area contributed by atoms with Crippen LogP contribution in [0.25, 0.3) is 11.4 Å². The highest BCUT2D eigenvalue weighted by molar-refractivity contribution is 7.13. The first kappa shape index (κ1) is 16.0. The number of carboxylic acids is 1. The maximum atomic E-state index is 11.0. The van der Waals surface area contributed by atoms with Crippen molar-refractivity contribution in [2.24, 2.45) is 0 Å². The number of hydrogen-bond donors (Lipinski definition) is 2. The lowest BCUT2D eigenvalue weighted by Gasteiger charge is -2.05. The van der Waals surface area contributed by atoms with E-state index in [2.05, 4.69) is 25.3 Å². The number of hydrogen-bond acceptors (Lipinski definition) is 7. The van der Waals surface area contributed by atoms with E-state index in [-0.39, 0.29) is 0 Å². The number of aromatic carboxylic acids is 1. The Labute approximate surface area is 142 Å². The van der Waals surface area contributed by atoms with Crippen molar-refractivity contribution in [2.45, 2.75) is 13.3 Å². The molecule has 0 unspecified atom stereocenters. The summed E-state index contributed by atoms with van der Waals surface area (Å²) < 4.78 is 0. The van der Waals surface area contributed by atoms with Gasteiger partial charge in [0.1, 0.15) is 4.88 Å². The van der Waals surface area contributed by atoms with Crippen molar-refractivity contribution in [3.8, 4) is 11.4 Å². The summed E-state index contributed by atoms with van der Waals surface area (Å²) >= 11 is 1.20. The zero-order valence-electron chi connectivity index (χ0n) is 12.9. The van der Waals surface area contributed by atoms with E-state index in [1.807, 2.05) is 18.2 Å². The summed E-state index contributed by atoms with van der Waals surface area (Å²) in [5.74, 6) is -0.430. The average molecular weight is 341 g/mol. The first-order chi connectivity index (χ1) is 11.6. The zero-order valence-corrected chi connectivity index (χ0v) is 13.7. The second-order valence-corrected chi connectivity index (χ2v) is 6.07. The van der Waals surface area contributed by atoms with Crippen LogP contribution in [0.4, 0.5) is 5.95 Å². The van der Waals surface area contributed by atoms with Gasteiger partial charge in [-0.2, -0.15) is 0 Å². The predicted octanol–water partition coefficient (Wildman–Crippen LogP) is 2.66. The summed E-state index contributed by atoms with van der Waals surface area (Å²) in [7, 11) is 0. The van der Waals surface area contributed by atoms with Gasteiger partial charge >= 0.3 is 5.97 Å². The molecule has 0 fully saturated rings. The molecule has 0 amide bonds. The van der Waals surface area contributed by atoms with Gasteiger partial charge in [-0.1, -0.05) is 6.07 Å². The van der Waals surface area contributed by atoms with Crippen molar-refractivity contribution in [1.29, 1.82) is 0 Å². The Hall–Kier alpha value is -2.87. The van der Waals surface area contributed by atoms with Crippen LogP contribution in [-0.2, 0) is 6.42 Å². The van der Waals surface area contributed by atoms with E-state index in [0.717, 1.165) is 16.4 Å². The minimum atomic E-state index is -0.935. The molecule has 0 spiro atoms. The number of carbonyl (C=O) groups is 1. The van der Waals surface area contributed by atoms with Gasteiger partial charge in [0.15, 0.2) is 0 Å². The first-order valence-corrected chi connectivity index (χ1v) is 8.13. The molecular formula is C16H15N5O2S. The maximum Gasteiger partial charge on any atom is 0.347 e. The number of carboxylic acid groups (broad SMARTS) is 1. The Kier molecular flexibility index (Phi) is 4.76. The van der Waals surface area contributed by atoms with Gasteiger partial charge in [0, 0.05) is 25.4 Å². The smallest absolute Gasteiger partial charge is 0.347 e. The van der Waals surface area contributed by atoms with Gasteiger partial charge in [0.05, 0.1) is 22.1 Å². The summed E-state index contributed by atoms with van der Waals surface area (Å²) in [6.45, 7) is 2.27. The molecule has 0 aliphatic heterocycles. The molecular weight excluding hydrogens is 326 g/mol. The van der Waals surface area contributed by atoms with E-state index < -0.39 is 5.97 Å². The summed E-state index contributed by atoms with van der Waals surface area (Å²) in [6.07, 6.45) is 4.00. The van der Waals surface area contributed by atoms with E-state index in [1.165, 1.54) is 11.3 Å². The summed E-state index contributed by atoms with van der Waals surface area (Å²) in [5, 5.41) is 13.0. The number of nitrogens with zero attached hydrogens (tertiary/aromatic N) is 4. The molecule has 0 saturated carbocycles. The third-order valence-corrected chi connectivity index (χ3v) is 4.45. The van der Waals surface area contributed by atoms with Gasteiger partial charge < -0.3 is 10.4 Å². The minimum Gasteiger partial charge on any atom is -0.477 e. The Morgan fingerprint density at radius 3 is 2.75 bits per heavy atom. The number of anilines is 1. The van der Waals surface area contributed by atoms with Gasteiger partial charge in [0.2, 0.25) is 5.95 Å². The Morgan fingerprint density at radius 2 is 2.04 bits per heavy atom. The van der Waals surface area contributed by atoms with Crippen LogP contribution >= 0.6 is 11.3 Å². The fraction of sp³-hybridized carbons (Fsp3) is 0.188. The molecule has 24 heavy (non-hydrogen) atoms. The van der Waals surface area contributed by atoms with Crippen LogP contribution in [0.5, 0.6) is 0 Å². The van der Waals surface area contributed by atoms with Crippen molar-refractivity contribution in [2.75, 3.05) is 11.9 Å². The molecule has 7 nitrogen and oxygen atoms in total. The lowest BCUT2D eigenvalue weighted by atomic mass is 10.3. The second kappa shape index (κ2) is 7.14. The standard InChI is InChI=1S/C16H15N5O2S/c1-10-14(15(22)23)24-13(20-10)6-9-19-16-18-8-5-12(21-16)11-4-2-3-7-17-11/h2-5,7-8H,6,9H2,1H3,(H,22,23)(H,18,19,21). The molecule has 122 valence electrons. The summed E-state index contributed by atoms with van der Waals surface area (Å²) in [6, 6.07) is 7.45. The Bertz CT molecular complexity index is 851.